The number of imidazole rings is 1. The van der Waals surface area contributed by atoms with Gasteiger partial charge in [0.15, 0.2) is 0 Å². The lowest BCUT2D eigenvalue weighted by Gasteiger charge is -2.05. The van der Waals surface area contributed by atoms with Crippen molar-refractivity contribution in [1.29, 1.82) is 0 Å². The molecule has 0 amide bonds. The number of aryl methyl sites for hydroxylation is 1. The Balaban J connectivity index is 2.25. The summed E-state index contributed by atoms with van der Waals surface area (Å²) >= 11 is 0. The average Bonchev–Trinajstić information content (AvgIpc) is 2.85. The van der Waals surface area contributed by atoms with Crippen LogP contribution < -0.4 is 5.73 Å². The van der Waals surface area contributed by atoms with Crippen LogP contribution in [-0.4, -0.2) is 19.7 Å². The second-order valence-corrected chi connectivity index (χ2v) is 4.34. The van der Waals surface area contributed by atoms with Crippen molar-refractivity contribution in [1.82, 2.24) is 19.7 Å². The number of benzene rings is 1. The predicted octanol–water partition coefficient (Wildman–Crippen LogP) is 1.97. The van der Waals surface area contributed by atoms with E-state index in [-0.39, 0.29) is 0 Å². The summed E-state index contributed by atoms with van der Waals surface area (Å²) in [5, 5.41) is 7.72. The Kier molecular flexibility index (Phi) is 2.97. The van der Waals surface area contributed by atoms with E-state index in [4.69, 9.17) is 10.7 Å². The molecule has 0 aliphatic carbocycles. The van der Waals surface area contributed by atoms with Crippen LogP contribution in [0.3, 0.4) is 0 Å². The van der Waals surface area contributed by atoms with Gasteiger partial charge in [-0.1, -0.05) is 6.07 Å². The van der Waals surface area contributed by atoms with Crippen molar-refractivity contribution in [2.75, 3.05) is 0 Å². The summed E-state index contributed by atoms with van der Waals surface area (Å²) in [6.45, 7) is 3.49. The van der Waals surface area contributed by atoms with Crippen LogP contribution in [0.2, 0.25) is 0 Å². The summed E-state index contributed by atoms with van der Waals surface area (Å²) in [6, 6.07) is 8.08. The molecule has 3 rings (SSSR count). The summed E-state index contributed by atoms with van der Waals surface area (Å²) < 4.78 is 2.17. The maximum atomic E-state index is 5.68. The van der Waals surface area contributed by atoms with Crippen molar-refractivity contribution in [3.63, 3.8) is 0 Å². The molecule has 96 valence electrons. The molecule has 0 fully saturated rings. The van der Waals surface area contributed by atoms with Crippen LogP contribution in [0, 0.1) is 0 Å². The molecule has 0 saturated heterocycles. The highest BCUT2D eigenvalue weighted by Crippen LogP contribution is 2.24. The van der Waals surface area contributed by atoms with Crippen LogP contribution in [0.15, 0.2) is 36.7 Å². The Hall–Kier alpha value is -2.27. The van der Waals surface area contributed by atoms with Gasteiger partial charge in [-0.05, 0) is 30.7 Å². The van der Waals surface area contributed by atoms with Crippen molar-refractivity contribution in [3.8, 4) is 11.4 Å². The normalized spacial score (nSPS) is 11.1. The van der Waals surface area contributed by atoms with E-state index < -0.39 is 0 Å². The van der Waals surface area contributed by atoms with E-state index in [0.717, 1.165) is 34.5 Å². The minimum absolute atomic E-state index is 0.529. The maximum absolute atomic E-state index is 5.68. The van der Waals surface area contributed by atoms with Crippen LogP contribution in [0.25, 0.3) is 22.4 Å². The highest BCUT2D eigenvalue weighted by Gasteiger charge is 2.11. The zero-order chi connectivity index (χ0) is 13.2. The van der Waals surface area contributed by atoms with Gasteiger partial charge in [0.25, 0.3) is 0 Å². The molecule has 2 aromatic heterocycles. The summed E-state index contributed by atoms with van der Waals surface area (Å²) in [6.07, 6.45) is 3.41. The van der Waals surface area contributed by atoms with E-state index in [0.29, 0.717) is 6.54 Å². The molecular weight excluding hydrogens is 238 g/mol. The van der Waals surface area contributed by atoms with Crippen LogP contribution in [0.4, 0.5) is 0 Å². The molecule has 0 saturated carbocycles. The zero-order valence-electron chi connectivity index (χ0n) is 10.7. The zero-order valence-corrected chi connectivity index (χ0v) is 10.7. The van der Waals surface area contributed by atoms with Crippen LogP contribution in [-0.2, 0) is 13.1 Å². The Morgan fingerprint density at radius 3 is 2.79 bits per heavy atom. The Morgan fingerprint density at radius 2 is 2.11 bits per heavy atom. The van der Waals surface area contributed by atoms with Crippen LogP contribution >= 0.6 is 0 Å². The lowest BCUT2D eigenvalue weighted by molar-refractivity contribution is 0.795. The van der Waals surface area contributed by atoms with E-state index in [1.807, 2.05) is 18.2 Å². The minimum atomic E-state index is 0.529. The second-order valence-electron chi connectivity index (χ2n) is 4.34. The van der Waals surface area contributed by atoms with Gasteiger partial charge in [0.2, 0.25) is 0 Å². The molecule has 0 spiro atoms. The lowest BCUT2D eigenvalue weighted by atomic mass is 10.2. The number of nitrogens with zero attached hydrogens (tertiary/aromatic N) is 4. The Bertz CT molecular complexity index is 702. The molecule has 3 aromatic rings. The van der Waals surface area contributed by atoms with Gasteiger partial charge in [-0.3, -0.25) is 0 Å². The van der Waals surface area contributed by atoms with E-state index in [9.17, 15) is 0 Å². The molecule has 19 heavy (non-hydrogen) atoms. The van der Waals surface area contributed by atoms with Gasteiger partial charge >= 0.3 is 0 Å². The molecular formula is C14H15N5. The topological polar surface area (TPSA) is 69.6 Å². The minimum Gasteiger partial charge on any atom is -0.326 e. The molecule has 1 aromatic carbocycles. The third kappa shape index (κ3) is 1.98. The third-order valence-corrected chi connectivity index (χ3v) is 3.21. The van der Waals surface area contributed by atoms with Crippen molar-refractivity contribution in [2.24, 2.45) is 5.73 Å². The molecule has 0 aliphatic heterocycles. The van der Waals surface area contributed by atoms with Gasteiger partial charge in [0.05, 0.1) is 23.4 Å². The first-order valence-electron chi connectivity index (χ1n) is 6.29. The van der Waals surface area contributed by atoms with Crippen LogP contribution in [0.1, 0.15) is 12.5 Å². The van der Waals surface area contributed by atoms with Crippen molar-refractivity contribution in [3.05, 3.63) is 42.2 Å². The first-order chi connectivity index (χ1) is 9.33. The third-order valence-electron chi connectivity index (χ3n) is 3.21. The number of hydrogen-bond acceptors (Lipinski definition) is 4. The predicted molar refractivity (Wildman–Crippen MR) is 74.3 cm³/mol. The molecule has 5 heteroatoms. The maximum Gasteiger partial charge on any atom is 0.142 e. The molecule has 0 aliphatic rings. The number of hydrogen-bond donors (Lipinski definition) is 1. The van der Waals surface area contributed by atoms with Gasteiger partial charge in [0.1, 0.15) is 5.82 Å². The van der Waals surface area contributed by atoms with E-state index >= 15 is 0 Å². The van der Waals surface area contributed by atoms with Crippen molar-refractivity contribution >= 4 is 11.0 Å². The van der Waals surface area contributed by atoms with Gasteiger partial charge < -0.3 is 10.3 Å². The van der Waals surface area contributed by atoms with Gasteiger partial charge in [-0.15, -0.1) is 0 Å². The first kappa shape index (κ1) is 11.8. The summed E-state index contributed by atoms with van der Waals surface area (Å²) in [7, 11) is 0. The first-order valence-corrected chi connectivity index (χ1v) is 6.29. The monoisotopic (exact) mass is 253 g/mol. The lowest BCUT2D eigenvalue weighted by Crippen LogP contribution is -1.98. The summed E-state index contributed by atoms with van der Waals surface area (Å²) in [4.78, 5) is 4.70. The Morgan fingerprint density at radius 1 is 1.21 bits per heavy atom. The largest absolute Gasteiger partial charge is 0.326 e. The van der Waals surface area contributed by atoms with Gasteiger partial charge in [0, 0.05) is 18.7 Å². The van der Waals surface area contributed by atoms with Crippen molar-refractivity contribution < 1.29 is 0 Å². The molecule has 0 unspecified atom stereocenters. The molecule has 0 bridgehead atoms. The number of rotatable bonds is 3. The van der Waals surface area contributed by atoms with Crippen molar-refractivity contribution in [2.45, 2.75) is 20.0 Å². The number of aromatic nitrogens is 4. The number of fused-ring (bicyclic) bond motifs is 1. The molecule has 2 N–H and O–H groups in total. The SMILES string of the molecule is CCn1c(-c2ccnnc2)nc2cc(CN)ccc21. The molecule has 0 radical (unpaired) electrons. The molecule has 2 heterocycles. The summed E-state index contributed by atoms with van der Waals surface area (Å²) in [5.41, 5.74) is 9.83. The molecule has 5 nitrogen and oxygen atoms in total. The van der Waals surface area contributed by atoms with E-state index in [1.165, 1.54) is 0 Å². The average molecular weight is 253 g/mol. The Labute approximate surface area is 111 Å². The fourth-order valence-corrected chi connectivity index (χ4v) is 2.27. The smallest absolute Gasteiger partial charge is 0.142 e. The van der Waals surface area contributed by atoms with Crippen LogP contribution in [0.5, 0.6) is 0 Å². The quantitative estimate of drug-likeness (QED) is 0.774. The fourth-order valence-electron chi connectivity index (χ4n) is 2.27. The van der Waals surface area contributed by atoms with E-state index in [2.05, 4.69) is 27.8 Å². The highest BCUT2D eigenvalue weighted by molar-refractivity contribution is 5.81. The summed E-state index contributed by atoms with van der Waals surface area (Å²) in [5.74, 6) is 0.918. The standard InChI is InChI=1S/C14H15N5/c1-2-19-13-4-3-10(8-15)7-12(13)18-14(19)11-5-6-16-17-9-11/h3-7,9H,2,8,15H2,1H3. The second kappa shape index (κ2) is 4.78. The van der Waals surface area contributed by atoms with E-state index in [1.54, 1.807) is 12.4 Å². The number of nitrogens with two attached hydrogens (primary N) is 1. The highest BCUT2D eigenvalue weighted by atomic mass is 15.1. The molecule has 0 atom stereocenters. The van der Waals surface area contributed by atoms with Gasteiger partial charge in [-0.2, -0.15) is 10.2 Å². The van der Waals surface area contributed by atoms with Gasteiger partial charge in [-0.25, -0.2) is 4.98 Å². The fraction of sp³-hybridized carbons (Fsp3) is 0.214.